The maximum absolute atomic E-state index is 11.5. The van der Waals surface area contributed by atoms with E-state index in [1.54, 1.807) is 23.9 Å². The third-order valence-electron chi connectivity index (χ3n) is 1.92. The topological polar surface area (TPSA) is 72.2 Å². The maximum Gasteiger partial charge on any atom is 0.240 e. The van der Waals surface area contributed by atoms with Crippen molar-refractivity contribution in [2.75, 3.05) is 12.8 Å². The maximum atomic E-state index is 11.5. The van der Waals surface area contributed by atoms with Crippen LogP contribution in [0.1, 0.15) is 13.8 Å². The first-order valence-electron chi connectivity index (χ1n) is 4.86. The van der Waals surface area contributed by atoms with E-state index < -0.39 is 10.0 Å². The third kappa shape index (κ3) is 3.13. The van der Waals surface area contributed by atoms with Crippen molar-refractivity contribution in [2.45, 2.75) is 28.9 Å². The van der Waals surface area contributed by atoms with Crippen LogP contribution in [-0.2, 0) is 10.0 Å². The Balaban J connectivity index is 3.09. The molecule has 0 aliphatic rings. The Morgan fingerprint density at radius 1 is 1.38 bits per heavy atom. The number of anilines is 1. The number of rotatable bonds is 4. The van der Waals surface area contributed by atoms with Crippen molar-refractivity contribution in [3.05, 3.63) is 18.2 Å². The molecule has 0 aliphatic carbocycles. The van der Waals surface area contributed by atoms with Gasteiger partial charge in [0.05, 0.1) is 4.90 Å². The minimum atomic E-state index is -3.41. The minimum Gasteiger partial charge on any atom is -0.398 e. The van der Waals surface area contributed by atoms with Crippen molar-refractivity contribution < 1.29 is 8.42 Å². The van der Waals surface area contributed by atoms with Crippen molar-refractivity contribution in [3.8, 4) is 0 Å². The molecule has 0 fully saturated rings. The number of hydrogen-bond acceptors (Lipinski definition) is 4. The lowest BCUT2D eigenvalue weighted by molar-refractivity contribution is 0.588. The molecule has 0 spiro atoms. The molecule has 1 rings (SSSR count). The van der Waals surface area contributed by atoms with Gasteiger partial charge in [-0.15, -0.1) is 11.8 Å². The molecule has 4 nitrogen and oxygen atoms in total. The highest BCUT2D eigenvalue weighted by molar-refractivity contribution is 8.00. The van der Waals surface area contributed by atoms with Crippen LogP contribution in [0.15, 0.2) is 28.0 Å². The molecule has 0 bridgehead atoms. The van der Waals surface area contributed by atoms with Crippen LogP contribution in [0.4, 0.5) is 5.69 Å². The monoisotopic (exact) mass is 260 g/mol. The Hall–Kier alpha value is -0.720. The Kier molecular flexibility index (Phi) is 4.23. The summed E-state index contributed by atoms with van der Waals surface area (Å²) in [5, 5.41) is 0.411. The van der Waals surface area contributed by atoms with Gasteiger partial charge in [0.1, 0.15) is 0 Å². The number of hydrogen-bond donors (Lipinski definition) is 2. The number of nitrogens with two attached hydrogens (primary N) is 1. The van der Waals surface area contributed by atoms with E-state index in [2.05, 4.69) is 18.6 Å². The normalized spacial score (nSPS) is 12.0. The zero-order valence-electron chi connectivity index (χ0n) is 9.52. The van der Waals surface area contributed by atoms with Crippen LogP contribution in [0.2, 0.25) is 0 Å². The summed E-state index contributed by atoms with van der Waals surface area (Å²) in [4.78, 5) is 1.10. The van der Waals surface area contributed by atoms with Crippen molar-refractivity contribution in [2.24, 2.45) is 0 Å². The largest absolute Gasteiger partial charge is 0.398 e. The molecule has 3 N–H and O–H groups in total. The van der Waals surface area contributed by atoms with E-state index in [-0.39, 0.29) is 4.90 Å². The summed E-state index contributed by atoms with van der Waals surface area (Å²) in [6, 6.07) is 4.79. The van der Waals surface area contributed by atoms with Gasteiger partial charge in [0.15, 0.2) is 0 Å². The zero-order valence-corrected chi connectivity index (χ0v) is 11.2. The Morgan fingerprint density at radius 3 is 2.44 bits per heavy atom. The number of benzene rings is 1. The van der Waals surface area contributed by atoms with Gasteiger partial charge in [-0.1, -0.05) is 13.8 Å². The highest BCUT2D eigenvalue weighted by Gasteiger charge is 2.13. The van der Waals surface area contributed by atoms with E-state index in [1.807, 2.05) is 0 Å². The Morgan fingerprint density at radius 2 is 2.00 bits per heavy atom. The standard InChI is InChI=1S/C10H16N2O2S2/c1-7(2)15-10-5-4-8(6-9(10)11)16(13,14)12-3/h4-7,12H,11H2,1-3H3. The first-order chi connectivity index (χ1) is 7.36. The van der Waals surface area contributed by atoms with Crippen LogP contribution in [-0.4, -0.2) is 20.7 Å². The summed E-state index contributed by atoms with van der Waals surface area (Å²) >= 11 is 1.61. The fraction of sp³-hybridized carbons (Fsp3) is 0.400. The van der Waals surface area contributed by atoms with E-state index >= 15 is 0 Å². The van der Waals surface area contributed by atoms with Crippen LogP contribution < -0.4 is 10.5 Å². The molecule has 16 heavy (non-hydrogen) atoms. The fourth-order valence-electron chi connectivity index (χ4n) is 1.17. The molecule has 0 radical (unpaired) electrons. The van der Waals surface area contributed by atoms with Crippen molar-refractivity contribution >= 4 is 27.5 Å². The molecule has 0 heterocycles. The van der Waals surface area contributed by atoms with E-state index in [1.165, 1.54) is 13.1 Å². The zero-order chi connectivity index (χ0) is 12.3. The number of nitrogens with one attached hydrogen (secondary N) is 1. The highest BCUT2D eigenvalue weighted by Crippen LogP contribution is 2.30. The highest BCUT2D eigenvalue weighted by atomic mass is 32.2. The van der Waals surface area contributed by atoms with E-state index in [0.29, 0.717) is 10.9 Å². The van der Waals surface area contributed by atoms with Gasteiger partial charge in [-0.2, -0.15) is 0 Å². The predicted octanol–water partition coefficient (Wildman–Crippen LogP) is 1.68. The molecule has 90 valence electrons. The lowest BCUT2D eigenvalue weighted by Gasteiger charge is -2.10. The van der Waals surface area contributed by atoms with E-state index in [4.69, 9.17) is 5.73 Å². The van der Waals surface area contributed by atoms with Crippen LogP contribution in [0.3, 0.4) is 0 Å². The van der Waals surface area contributed by atoms with Gasteiger partial charge in [-0.05, 0) is 25.2 Å². The molecule has 1 aromatic rings. The Bertz CT molecular complexity index is 470. The lowest BCUT2D eigenvalue weighted by Crippen LogP contribution is -2.18. The smallest absolute Gasteiger partial charge is 0.240 e. The molecule has 0 saturated heterocycles. The Labute approximate surface area is 101 Å². The van der Waals surface area contributed by atoms with E-state index in [0.717, 1.165) is 4.90 Å². The summed E-state index contributed by atoms with van der Waals surface area (Å²) in [5.74, 6) is 0. The summed E-state index contributed by atoms with van der Waals surface area (Å²) in [7, 11) is -2.03. The molecule has 0 amide bonds. The van der Waals surface area contributed by atoms with Gasteiger partial charge < -0.3 is 5.73 Å². The quantitative estimate of drug-likeness (QED) is 0.638. The summed E-state index contributed by atoms with van der Waals surface area (Å²) in [6.45, 7) is 4.12. The second-order valence-electron chi connectivity index (χ2n) is 3.57. The SMILES string of the molecule is CNS(=O)(=O)c1ccc(SC(C)C)c(N)c1. The first kappa shape index (κ1) is 13.3. The van der Waals surface area contributed by atoms with Crippen molar-refractivity contribution in [1.29, 1.82) is 0 Å². The van der Waals surface area contributed by atoms with Gasteiger partial charge in [0, 0.05) is 15.8 Å². The van der Waals surface area contributed by atoms with Crippen LogP contribution in [0.5, 0.6) is 0 Å². The molecule has 0 aromatic heterocycles. The summed E-state index contributed by atoms with van der Waals surface area (Å²) in [6.07, 6.45) is 0. The second-order valence-corrected chi connectivity index (χ2v) is 7.08. The molecule has 1 aromatic carbocycles. The van der Waals surface area contributed by atoms with Crippen molar-refractivity contribution in [1.82, 2.24) is 4.72 Å². The molecule has 0 aliphatic heterocycles. The molecule has 0 atom stereocenters. The van der Waals surface area contributed by atoms with Gasteiger partial charge >= 0.3 is 0 Å². The molecule has 6 heteroatoms. The predicted molar refractivity (Wildman–Crippen MR) is 68.1 cm³/mol. The summed E-state index contributed by atoms with van der Waals surface area (Å²) < 4.78 is 25.3. The minimum absolute atomic E-state index is 0.195. The molecule has 0 unspecified atom stereocenters. The van der Waals surface area contributed by atoms with Gasteiger partial charge in [-0.3, -0.25) is 0 Å². The first-order valence-corrected chi connectivity index (χ1v) is 7.23. The fourth-order valence-corrected chi connectivity index (χ4v) is 2.79. The second kappa shape index (κ2) is 5.07. The molecular formula is C10H16N2O2S2. The van der Waals surface area contributed by atoms with Crippen LogP contribution in [0.25, 0.3) is 0 Å². The van der Waals surface area contributed by atoms with Crippen LogP contribution >= 0.6 is 11.8 Å². The third-order valence-corrected chi connectivity index (χ3v) is 4.43. The summed E-state index contributed by atoms with van der Waals surface area (Å²) in [5.41, 5.74) is 6.30. The number of thioether (sulfide) groups is 1. The number of nitrogen functional groups attached to an aromatic ring is 1. The van der Waals surface area contributed by atoms with Gasteiger partial charge in [0.2, 0.25) is 10.0 Å². The van der Waals surface area contributed by atoms with Crippen LogP contribution in [0, 0.1) is 0 Å². The average Bonchev–Trinajstić information content (AvgIpc) is 2.20. The van der Waals surface area contributed by atoms with Crippen molar-refractivity contribution in [3.63, 3.8) is 0 Å². The number of sulfonamides is 1. The van der Waals surface area contributed by atoms with Gasteiger partial charge in [0.25, 0.3) is 0 Å². The molecular weight excluding hydrogens is 244 g/mol. The average molecular weight is 260 g/mol. The lowest BCUT2D eigenvalue weighted by atomic mass is 10.3. The van der Waals surface area contributed by atoms with Gasteiger partial charge in [-0.25, -0.2) is 13.1 Å². The van der Waals surface area contributed by atoms with E-state index in [9.17, 15) is 8.42 Å². The molecule has 0 saturated carbocycles.